The van der Waals surface area contributed by atoms with E-state index < -0.39 is 0 Å². The second-order valence-electron chi connectivity index (χ2n) is 5.30. The van der Waals surface area contributed by atoms with Gasteiger partial charge in [-0.15, -0.1) is 0 Å². The lowest BCUT2D eigenvalue weighted by Crippen LogP contribution is -2.29. The number of nitrogens with zero attached hydrogens (tertiary/aromatic N) is 2. The van der Waals surface area contributed by atoms with Crippen molar-refractivity contribution in [1.29, 1.82) is 0 Å². The van der Waals surface area contributed by atoms with Crippen LogP contribution in [0.15, 0.2) is 53.5 Å². The maximum Gasteiger partial charge on any atom is 0.213 e. The number of aliphatic imine (C=N–C) groups is 1. The first kappa shape index (κ1) is 15.5. The number of aromatic hydroxyl groups is 1. The number of phenolic OH excluding ortho intramolecular Hbond substituents is 1. The van der Waals surface area contributed by atoms with Gasteiger partial charge in [0.1, 0.15) is 5.75 Å². The number of amides is 1. The SMILES string of the molecule is Cc1ccccc1-c1cc(N=C(N)NC=O)c2cc(O)ccc2n1. The maximum atomic E-state index is 10.5. The lowest BCUT2D eigenvalue weighted by atomic mass is 10.0. The molecule has 1 heterocycles. The minimum Gasteiger partial charge on any atom is -0.508 e. The third-order valence-electron chi connectivity index (χ3n) is 3.64. The molecule has 0 aliphatic rings. The standard InChI is InChI=1S/C18H16N4O2/c1-11-4-2-3-5-13(11)16-9-17(22-18(19)20-10-23)14-8-12(24)6-7-15(14)21-16/h2-10,24H,1H3,(H3,19,20,21,22,23). The van der Waals surface area contributed by atoms with Gasteiger partial charge in [0, 0.05) is 10.9 Å². The van der Waals surface area contributed by atoms with Crippen LogP contribution in [0.2, 0.25) is 0 Å². The van der Waals surface area contributed by atoms with Crippen molar-refractivity contribution in [3.63, 3.8) is 0 Å². The molecule has 120 valence electrons. The van der Waals surface area contributed by atoms with Crippen LogP contribution >= 0.6 is 0 Å². The Morgan fingerprint density at radius 2 is 2.04 bits per heavy atom. The highest BCUT2D eigenvalue weighted by atomic mass is 16.3. The van der Waals surface area contributed by atoms with Gasteiger partial charge in [-0.25, -0.2) is 9.98 Å². The molecule has 1 aromatic heterocycles. The van der Waals surface area contributed by atoms with Crippen LogP contribution in [-0.2, 0) is 4.79 Å². The molecule has 1 amide bonds. The second kappa shape index (κ2) is 6.37. The van der Waals surface area contributed by atoms with E-state index in [2.05, 4.69) is 15.3 Å². The summed E-state index contributed by atoms with van der Waals surface area (Å²) in [4.78, 5) is 19.4. The summed E-state index contributed by atoms with van der Waals surface area (Å²) in [7, 11) is 0. The number of hydrogen-bond donors (Lipinski definition) is 3. The Labute approximate surface area is 138 Å². The van der Waals surface area contributed by atoms with Crippen LogP contribution in [0.1, 0.15) is 5.56 Å². The zero-order chi connectivity index (χ0) is 17.1. The highest BCUT2D eigenvalue weighted by Gasteiger charge is 2.10. The van der Waals surface area contributed by atoms with E-state index >= 15 is 0 Å². The number of carbonyl (C=O) groups excluding carboxylic acids is 1. The molecule has 4 N–H and O–H groups in total. The Balaban J connectivity index is 2.27. The molecule has 3 aromatic rings. The molecule has 0 fully saturated rings. The van der Waals surface area contributed by atoms with Crippen LogP contribution in [0.4, 0.5) is 5.69 Å². The van der Waals surface area contributed by atoms with Crippen LogP contribution in [0.3, 0.4) is 0 Å². The lowest BCUT2D eigenvalue weighted by molar-refractivity contribution is -0.108. The molecule has 0 aliphatic heterocycles. The van der Waals surface area contributed by atoms with Gasteiger partial charge in [0.2, 0.25) is 6.41 Å². The molecule has 0 unspecified atom stereocenters. The van der Waals surface area contributed by atoms with E-state index in [0.717, 1.165) is 16.8 Å². The first-order valence-corrected chi connectivity index (χ1v) is 7.32. The minimum atomic E-state index is -0.0309. The van der Waals surface area contributed by atoms with Crippen LogP contribution in [0, 0.1) is 6.92 Å². The number of guanidine groups is 1. The zero-order valence-corrected chi connectivity index (χ0v) is 13.0. The predicted octanol–water partition coefficient (Wildman–Crippen LogP) is 2.61. The summed E-state index contributed by atoms with van der Waals surface area (Å²) in [6.45, 7) is 2.00. The summed E-state index contributed by atoms with van der Waals surface area (Å²) in [6.07, 6.45) is 0.460. The van der Waals surface area contributed by atoms with Crippen molar-refractivity contribution in [3.05, 3.63) is 54.1 Å². The van der Waals surface area contributed by atoms with Crippen LogP contribution < -0.4 is 11.1 Å². The summed E-state index contributed by atoms with van der Waals surface area (Å²) < 4.78 is 0. The average Bonchev–Trinajstić information content (AvgIpc) is 2.56. The van der Waals surface area contributed by atoms with E-state index in [1.165, 1.54) is 0 Å². The van der Waals surface area contributed by atoms with Crippen LogP contribution in [-0.4, -0.2) is 22.5 Å². The van der Waals surface area contributed by atoms with Gasteiger partial charge in [0.05, 0.1) is 16.9 Å². The predicted molar refractivity (Wildman–Crippen MR) is 94.1 cm³/mol. The van der Waals surface area contributed by atoms with Crippen molar-refractivity contribution in [2.75, 3.05) is 0 Å². The largest absolute Gasteiger partial charge is 0.508 e. The third kappa shape index (κ3) is 3.03. The summed E-state index contributed by atoms with van der Waals surface area (Å²) in [5.41, 5.74) is 9.67. The molecule has 0 aliphatic carbocycles. The summed E-state index contributed by atoms with van der Waals surface area (Å²) in [5.74, 6) is 0.0721. The molecule has 2 aromatic carbocycles. The number of nitrogens with one attached hydrogen (secondary N) is 1. The van der Waals surface area contributed by atoms with E-state index in [4.69, 9.17) is 5.73 Å². The van der Waals surface area contributed by atoms with Gasteiger partial charge in [-0.2, -0.15) is 0 Å². The Morgan fingerprint density at radius 1 is 1.25 bits per heavy atom. The van der Waals surface area contributed by atoms with Gasteiger partial charge in [0.15, 0.2) is 5.96 Å². The van der Waals surface area contributed by atoms with E-state index in [1.807, 2.05) is 31.2 Å². The molecule has 3 rings (SSSR count). The van der Waals surface area contributed by atoms with Gasteiger partial charge in [-0.3, -0.25) is 10.1 Å². The van der Waals surface area contributed by atoms with E-state index in [-0.39, 0.29) is 11.7 Å². The Morgan fingerprint density at radius 3 is 2.79 bits per heavy atom. The number of rotatable bonds is 3. The van der Waals surface area contributed by atoms with Gasteiger partial charge >= 0.3 is 0 Å². The van der Waals surface area contributed by atoms with Crippen molar-refractivity contribution < 1.29 is 9.90 Å². The number of phenols is 1. The number of aromatic nitrogens is 1. The molecule has 0 radical (unpaired) electrons. The Bertz CT molecular complexity index is 951. The fourth-order valence-electron chi connectivity index (χ4n) is 2.51. The first-order valence-electron chi connectivity index (χ1n) is 7.32. The fourth-order valence-corrected chi connectivity index (χ4v) is 2.51. The van der Waals surface area contributed by atoms with Crippen molar-refractivity contribution in [3.8, 4) is 17.0 Å². The lowest BCUT2D eigenvalue weighted by Gasteiger charge is -2.10. The quantitative estimate of drug-likeness (QED) is 0.392. The molecule has 6 heteroatoms. The molecular weight excluding hydrogens is 304 g/mol. The third-order valence-corrected chi connectivity index (χ3v) is 3.64. The summed E-state index contributed by atoms with van der Waals surface area (Å²) in [6, 6.07) is 14.5. The average molecular weight is 320 g/mol. The number of fused-ring (bicyclic) bond motifs is 1. The smallest absolute Gasteiger partial charge is 0.213 e. The van der Waals surface area contributed by atoms with Crippen LogP contribution in [0.25, 0.3) is 22.2 Å². The van der Waals surface area contributed by atoms with E-state index in [1.54, 1.807) is 24.3 Å². The zero-order valence-electron chi connectivity index (χ0n) is 13.0. The molecule has 0 spiro atoms. The molecule has 6 nitrogen and oxygen atoms in total. The monoisotopic (exact) mass is 320 g/mol. The highest BCUT2D eigenvalue weighted by Crippen LogP contribution is 2.33. The van der Waals surface area contributed by atoms with E-state index in [0.29, 0.717) is 23.0 Å². The van der Waals surface area contributed by atoms with Gasteiger partial charge < -0.3 is 10.8 Å². The minimum absolute atomic E-state index is 0.0309. The van der Waals surface area contributed by atoms with Crippen molar-refractivity contribution in [2.24, 2.45) is 10.7 Å². The van der Waals surface area contributed by atoms with Crippen molar-refractivity contribution in [1.82, 2.24) is 10.3 Å². The van der Waals surface area contributed by atoms with Gasteiger partial charge in [0.25, 0.3) is 0 Å². The normalized spacial score (nSPS) is 11.5. The van der Waals surface area contributed by atoms with E-state index in [9.17, 15) is 9.90 Å². The fraction of sp³-hybridized carbons (Fsp3) is 0.0556. The molecule has 0 saturated heterocycles. The summed E-state index contributed by atoms with van der Waals surface area (Å²) in [5, 5.41) is 12.7. The Hall–Kier alpha value is -3.41. The number of carbonyl (C=O) groups is 1. The molecule has 24 heavy (non-hydrogen) atoms. The Kier molecular flexibility index (Phi) is 4.11. The molecule has 0 atom stereocenters. The first-order chi connectivity index (χ1) is 11.6. The summed E-state index contributed by atoms with van der Waals surface area (Å²) >= 11 is 0. The number of aryl methyl sites for hydroxylation is 1. The highest BCUT2D eigenvalue weighted by molar-refractivity contribution is 5.97. The maximum absolute atomic E-state index is 10.5. The van der Waals surface area contributed by atoms with Crippen molar-refractivity contribution >= 4 is 29.0 Å². The number of hydrogen-bond acceptors (Lipinski definition) is 4. The van der Waals surface area contributed by atoms with Gasteiger partial charge in [-0.05, 0) is 36.8 Å². The topological polar surface area (TPSA) is 101 Å². The van der Waals surface area contributed by atoms with Gasteiger partial charge in [-0.1, -0.05) is 24.3 Å². The molecular formula is C18H16N4O2. The number of nitrogens with two attached hydrogens (primary N) is 1. The molecule has 0 saturated carbocycles. The molecule has 0 bridgehead atoms. The van der Waals surface area contributed by atoms with Crippen LogP contribution in [0.5, 0.6) is 5.75 Å². The number of benzene rings is 2. The number of pyridine rings is 1. The van der Waals surface area contributed by atoms with Crippen molar-refractivity contribution in [2.45, 2.75) is 6.92 Å². The second-order valence-corrected chi connectivity index (χ2v) is 5.30.